The summed E-state index contributed by atoms with van der Waals surface area (Å²) < 4.78 is 2.04. The van der Waals surface area contributed by atoms with Gasteiger partial charge in [0.05, 0.1) is 0 Å². The second-order valence-electron chi connectivity index (χ2n) is 18.5. The van der Waals surface area contributed by atoms with Crippen LogP contribution in [0.25, 0.3) is 0 Å². The van der Waals surface area contributed by atoms with Gasteiger partial charge in [0.1, 0.15) is 0 Å². The summed E-state index contributed by atoms with van der Waals surface area (Å²) in [4.78, 5) is 0. The molecule has 0 fully saturated rings. The molecule has 0 spiro atoms. The summed E-state index contributed by atoms with van der Waals surface area (Å²) in [6.07, 6.45) is 8.83. The number of rotatable bonds is 15. The van der Waals surface area contributed by atoms with Crippen LogP contribution in [-0.4, -0.2) is 48.4 Å². The van der Waals surface area contributed by atoms with E-state index in [1.54, 1.807) is 19.3 Å². The minimum absolute atomic E-state index is 0.681. The van der Waals surface area contributed by atoms with Crippen molar-refractivity contribution >= 4 is 48.4 Å². The normalized spacial score (nSPS) is 16.1. The molecule has 0 N–H and O–H groups in total. The van der Waals surface area contributed by atoms with Gasteiger partial charge >= 0.3 is 250 Å². The van der Waals surface area contributed by atoms with E-state index in [1.807, 2.05) is 0 Å². The Hall–Kier alpha value is 1.83. The second-order valence-corrected chi connectivity index (χ2v) is 59.9. The van der Waals surface area contributed by atoms with Crippen molar-refractivity contribution in [2.75, 3.05) is 0 Å². The quantitative estimate of drug-likeness (QED) is 0.154. The Morgan fingerprint density at radius 2 is 0.459 bits per heavy atom. The van der Waals surface area contributed by atoms with Gasteiger partial charge in [-0.3, -0.25) is 0 Å². The fourth-order valence-corrected chi connectivity index (χ4v) is 82.0. The average molecular weight is 656 g/mol. The van der Waals surface area contributed by atoms with Crippen molar-refractivity contribution < 1.29 is 14.1 Å². The van der Waals surface area contributed by atoms with Crippen molar-refractivity contribution in [2.24, 2.45) is 0 Å². The molecule has 0 aliphatic heterocycles. The first kappa shape index (κ1) is 38.8. The summed E-state index contributed by atoms with van der Waals surface area (Å²) in [5, 5.41) is 0. The first-order valence-electron chi connectivity index (χ1n) is 15.8. The van der Waals surface area contributed by atoms with Crippen molar-refractivity contribution in [3.63, 3.8) is 0 Å². The summed E-state index contributed by atoms with van der Waals surface area (Å²) in [5.41, 5.74) is 0. The molecule has 0 amide bonds. The fourth-order valence-electron chi connectivity index (χ4n) is 9.72. The van der Waals surface area contributed by atoms with Gasteiger partial charge in [0, 0.05) is 0 Å². The molecule has 225 valence electrons. The van der Waals surface area contributed by atoms with Crippen LogP contribution in [-0.2, 0) is 14.1 Å². The average Bonchev–Trinajstić information content (AvgIpc) is 2.59. The van der Waals surface area contributed by atoms with Crippen molar-refractivity contribution in [1.82, 2.24) is 0 Å². The van der Waals surface area contributed by atoms with E-state index in [-0.39, 0.29) is 0 Å². The van der Waals surface area contributed by atoms with Gasteiger partial charge < -0.3 is 0 Å². The molecule has 37 heavy (non-hydrogen) atoms. The zero-order chi connectivity index (χ0) is 30.3. The predicted octanol–water partition coefficient (Wildman–Crippen LogP) is 12.7. The van der Waals surface area contributed by atoms with E-state index in [0.29, 0.717) is 10.6 Å². The number of hydrogen-bond acceptors (Lipinski definition) is 0. The summed E-state index contributed by atoms with van der Waals surface area (Å²) in [6.45, 7) is 59.3. The van der Waals surface area contributed by atoms with Gasteiger partial charge in [-0.25, -0.2) is 0 Å². The molecule has 0 radical (unpaired) electrons. The van der Waals surface area contributed by atoms with Crippen LogP contribution in [0.5, 0.6) is 0 Å². The van der Waals surface area contributed by atoms with Gasteiger partial charge in [-0.05, 0) is 0 Å². The summed E-state index contributed by atoms with van der Waals surface area (Å²) >= 11 is -1.19. The van der Waals surface area contributed by atoms with E-state index in [0.717, 1.165) is 0 Å². The first-order valence-corrected chi connectivity index (χ1v) is 38.7. The Morgan fingerprint density at radius 1 is 0.324 bits per heavy atom. The molecular formula is C30H75CrSi6. The number of hydrogen-bond donors (Lipinski definition) is 0. The Labute approximate surface area is 248 Å². The maximum absolute atomic E-state index is 2.87. The monoisotopic (exact) mass is 655 g/mol. The molecule has 0 rings (SSSR count). The molecule has 7 heteroatoms. The Balaban J connectivity index is 9.15. The van der Waals surface area contributed by atoms with Gasteiger partial charge in [-0.2, -0.15) is 0 Å². The summed E-state index contributed by atoms with van der Waals surface area (Å²) in [7, 11) is -9.26. The predicted molar refractivity (Wildman–Crippen MR) is 193 cm³/mol. The Kier molecular flexibility index (Phi) is 12.8. The third-order valence-electron chi connectivity index (χ3n) is 10.1. The van der Waals surface area contributed by atoms with Gasteiger partial charge in [0.15, 0.2) is 0 Å². The molecule has 0 heterocycles. The van der Waals surface area contributed by atoms with E-state index >= 15 is 0 Å². The topological polar surface area (TPSA) is 0 Å². The molecular weight excluding hydrogens is 581 g/mol. The standard InChI is InChI=1S/3C10H25Si2.Cr/c3*1-8-9-10(11(2,3)4)12(5,6)7;/h3*8-9H2,1-7H3;. The molecule has 0 aliphatic rings. The van der Waals surface area contributed by atoms with Crippen molar-refractivity contribution in [1.29, 1.82) is 0 Å². The minimum atomic E-state index is -1.54. The fraction of sp³-hybridized carbons (Fsp3) is 1.00. The molecule has 0 aromatic carbocycles. The molecule has 0 aliphatic carbocycles. The van der Waals surface area contributed by atoms with E-state index in [1.165, 1.54) is 19.3 Å². The summed E-state index contributed by atoms with van der Waals surface area (Å²) in [6, 6.07) is 0. The molecule has 0 nitrogen and oxygen atoms in total. The van der Waals surface area contributed by atoms with Crippen molar-refractivity contribution in [3.05, 3.63) is 0 Å². The third-order valence-corrected chi connectivity index (χ3v) is 66.1. The molecule has 0 saturated heterocycles. The van der Waals surface area contributed by atoms with Crippen LogP contribution in [0.4, 0.5) is 0 Å². The zero-order valence-corrected chi connectivity index (χ0v) is 37.4. The van der Waals surface area contributed by atoms with E-state index in [9.17, 15) is 0 Å². The van der Waals surface area contributed by atoms with Gasteiger partial charge in [-0.1, -0.05) is 0 Å². The molecule has 0 atom stereocenters. The Bertz CT molecular complexity index is 578. The van der Waals surface area contributed by atoms with Crippen LogP contribution in [0.2, 0.25) is 128 Å². The van der Waals surface area contributed by atoms with E-state index in [2.05, 4.69) is 139 Å². The Morgan fingerprint density at radius 3 is 0.541 bits per heavy atom. The van der Waals surface area contributed by atoms with Gasteiger partial charge in [0.2, 0.25) is 0 Å². The van der Waals surface area contributed by atoms with Crippen molar-refractivity contribution in [3.8, 4) is 0 Å². The van der Waals surface area contributed by atoms with Crippen molar-refractivity contribution in [2.45, 2.75) is 188 Å². The van der Waals surface area contributed by atoms with E-state index < -0.39 is 62.6 Å². The van der Waals surface area contributed by atoms with Crippen LogP contribution in [0.1, 0.15) is 59.3 Å². The first-order chi connectivity index (χ1) is 16.0. The molecule has 0 aromatic heterocycles. The molecule has 0 saturated carbocycles. The third kappa shape index (κ3) is 6.59. The molecule has 0 unspecified atom stereocenters. The van der Waals surface area contributed by atoms with Crippen LogP contribution in [0, 0.1) is 0 Å². The SMILES string of the molecule is CCC[C]([Cr]([C](CCC)([Si](C)(C)C)[Si](C)(C)C)[C](CCC)([Si](C)(C)C)[Si](C)(C)C)([Si](C)(C)C)[Si](C)(C)C. The summed E-state index contributed by atoms with van der Waals surface area (Å²) in [5.74, 6) is 0. The molecule has 0 aromatic rings. The van der Waals surface area contributed by atoms with E-state index in [4.69, 9.17) is 0 Å². The van der Waals surface area contributed by atoms with Gasteiger partial charge in [-0.15, -0.1) is 0 Å². The van der Waals surface area contributed by atoms with Crippen LogP contribution >= 0.6 is 0 Å². The van der Waals surface area contributed by atoms with Crippen LogP contribution < -0.4 is 0 Å². The second kappa shape index (κ2) is 12.2. The molecule has 0 bridgehead atoms. The van der Waals surface area contributed by atoms with Crippen LogP contribution in [0.15, 0.2) is 0 Å². The zero-order valence-electron chi connectivity index (χ0n) is 30.2. The van der Waals surface area contributed by atoms with Gasteiger partial charge in [0.25, 0.3) is 0 Å². The van der Waals surface area contributed by atoms with Crippen LogP contribution in [0.3, 0.4) is 0 Å². The maximum atomic E-state index is 2.87.